The number of nitrogens with zero attached hydrogens (tertiary/aromatic N) is 4. The van der Waals surface area contributed by atoms with E-state index in [0.29, 0.717) is 0 Å². The largest absolute Gasteiger partial charge is 0.353 e. The number of hydrogen-bond acceptors (Lipinski definition) is 5. The van der Waals surface area contributed by atoms with Crippen molar-refractivity contribution in [2.45, 2.75) is 25.7 Å². The number of piperazine rings is 1. The second-order valence-corrected chi connectivity index (χ2v) is 9.91. The quantitative estimate of drug-likeness (QED) is 0.477. The minimum atomic E-state index is 0.198. The molecule has 6 heteroatoms. The lowest BCUT2D eigenvalue weighted by atomic mass is 10.0. The van der Waals surface area contributed by atoms with Crippen molar-refractivity contribution in [3.8, 4) is 0 Å². The summed E-state index contributed by atoms with van der Waals surface area (Å²) in [5.74, 6) is 1.15. The van der Waals surface area contributed by atoms with Crippen LogP contribution in [0.5, 0.6) is 0 Å². The van der Waals surface area contributed by atoms with E-state index >= 15 is 0 Å². The molecule has 164 valence electrons. The molecule has 3 heterocycles. The summed E-state index contributed by atoms with van der Waals surface area (Å²) < 4.78 is 7.84. The molecule has 1 aliphatic carbocycles. The van der Waals surface area contributed by atoms with Crippen LogP contribution in [-0.4, -0.2) is 46.6 Å². The average molecular weight is 445 g/mol. The van der Waals surface area contributed by atoms with Crippen LogP contribution in [0.4, 0.5) is 5.82 Å². The summed E-state index contributed by atoms with van der Waals surface area (Å²) in [5.41, 5.74) is 4.99. The molecule has 5 nitrogen and oxygen atoms in total. The molecule has 0 spiro atoms. The van der Waals surface area contributed by atoms with Crippen LogP contribution in [0.15, 0.2) is 47.3 Å². The highest BCUT2D eigenvalue weighted by Crippen LogP contribution is 2.30. The van der Waals surface area contributed by atoms with Crippen LogP contribution in [0.1, 0.15) is 23.1 Å². The normalized spacial score (nSPS) is 16.8. The Morgan fingerprint density at radius 1 is 0.969 bits per heavy atom. The molecule has 0 amide bonds. The Labute approximate surface area is 192 Å². The van der Waals surface area contributed by atoms with Gasteiger partial charge in [0.1, 0.15) is 5.82 Å². The maximum Gasteiger partial charge on any atom is 0.254 e. The van der Waals surface area contributed by atoms with E-state index < -0.39 is 0 Å². The van der Waals surface area contributed by atoms with Gasteiger partial charge in [-0.05, 0) is 72.6 Å². The van der Waals surface area contributed by atoms with E-state index in [0.717, 1.165) is 75.3 Å². The van der Waals surface area contributed by atoms with Gasteiger partial charge in [-0.1, -0.05) is 18.2 Å². The Kier molecular flexibility index (Phi) is 5.00. The van der Waals surface area contributed by atoms with Crippen LogP contribution < -0.4 is 10.5 Å². The van der Waals surface area contributed by atoms with Gasteiger partial charge in [0.15, 0.2) is 0 Å². The van der Waals surface area contributed by atoms with Gasteiger partial charge in [-0.2, -0.15) is 4.37 Å². The molecule has 2 aliphatic rings. The molecule has 6 rings (SSSR count). The predicted octanol–water partition coefficient (Wildman–Crippen LogP) is 4.00. The van der Waals surface area contributed by atoms with E-state index in [1.54, 1.807) is 11.5 Å². The van der Waals surface area contributed by atoms with Crippen molar-refractivity contribution in [3.63, 3.8) is 0 Å². The number of anilines is 1. The monoisotopic (exact) mass is 444 g/mol. The van der Waals surface area contributed by atoms with Crippen molar-refractivity contribution >= 4 is 38.3 Å². The van der Waals surface area contributed by atoms with Crippen LogP contribution in [0.25, 0.3) is 21.0 Å². The number of fused-ring (bicyclic) bond motifs is 4. The molecule has 0 bridgehead atoms. The van der Waals surface area contributed by atoms with Gasteiger partial charge >= 0.3 is 0 Å². The third-order valence-corrected chi connectivity index (χ3v) is 8.09. The molecule has 32 heavy (non-hydrogen) atoms. The molecule has 4 aromatic rings. The zero-order valence-corrected chi connectivity index (χ0v) is 19.3. The molecule has 2 aromatic heterocycles. The van der Waals surface area contributed by atoms with Crippen molar-refractivity contribution < 1.29 is 0 Å². The van der Waals surface area contributed by atoms with Crippen molar-refractivity contribution in [2.75, 3.05) is 37.6 Å². The van der Waals surface area contributed by atoms with E-state index in [9.17, 15) is 4.79 Å². The number of hydrogen-bond donors (Lipinski definition) is 0. The zero-order chi connectivity index (χ0) is 21.7. The van der Waals surface area contributed by atoms with E-state index in [1.807, 2.05) is 11.6 Å². The Morgan fingerprint density at radius 3 is 2.66 bits per heavy atom. The summed E-state index contributed by atoms with van der Waals surface area (Å²) >= 11 is 1.60. The van der Waals surface area contributed by atoms with Crippen molar-refractivity contribution in [1.29, 1.82) is 0 Å². The third-order valence-electron chi connectivity index (χ3n) is 7.28. The van der Waals surface area contributed by atoms with E-state index in [-0.39, 0.29) is 5.56 Å². The minimum absolute atomic E-state index is 0.198. The highest BCUT2D eigenvalue weighted by Gasteiger charge is 2.22. The lowest BCUT2D eigenvalue weighted by Gasteiger charge is -2.35. The molecule has 0 unspecified atom stereocenters. The van der Waals surface area contributed by atoms with Gasteiger partial charge < -0.3 is 9.47 Å². The van der Waals surface area contributed by atoms with Gasteiger partial charge in [0.05, 0.1) is 10.2 Å². The summed E-state index contributed by atoms with van der Waals surface area (Å²) in [7, 11) is 1.91. The Morgan fingerprint density at radius 2 is 1.78 bits per heavy atom. The molecule has 1 aliphatic heterocycles. The van der Waals surface area contributed by atoms with E-state index in [4.69, 9.17) is 4.37 Å². The van der Waals surface area contributed by atoms with Gasteiger partial charge in [0, 0.05) is 56.1 Å². The van der Waals surface area contributed by atoms with Crippen molar-refractivity contribution in [2.24, 2.45) is 7.05 Å². The van der Waals surface area contributed by atoms with E-state index in [2.05, 4.69) is 52.3 Å². The zero-order valence-electron chi connectivity index (χ0n) is 18.5. The number of benzene rings is 2. The predicted molar refractivity (Wildman–Crippen MR) is 133 cm³/mol. The standard InChI is InChI=1S/C26H28N4OS/c1-28-23-10-9-18(17-22(23)19-6-4-7-20(19)26(28)31)11-12-29-13-15-30(16-14-29)25-21-5-2-3-8-24(21)32-27-25/h2-3,5,8-10,17H,4,6-7,11-16H2,1H3. The lowest BCUT2D eigenvalue weighted by Crippen LogP contribution is -2.47. The molecule has 2 aromatic carbocycles. The fourth-order valence-electron chi connectivity index (χ4n) is 5.43. The first-order valence-electron chi connectivity index (χ1n) is 11.6. The van der Waals surface area contributed by atoms with Gasteiger partial charge in [-0.15, -0.1) is 0 Å². The maximum atomic E-state index is 12.6. The molecule has 1 fully saturated rings. The van der Waals surface area contributed by atoms with Crippen LogP contribution in [0, 0.1) is 0 Å². The van der Waals surface area contributed by atoms with Crippen LogP contribution in [-0.2, 0) is 26.3 Å². The second-order valence-electron chi connectivity index (χ2n) is 9.11. The molecule has 0 N–H and O–H groups in total. The number of rotatable bonds is 4. The summed E-state index contributed by atoms with van der Waals surface area (Å²) in [4.78, 5) is 17.6. The Bertz CT molecular complexity index is 1360. The van der Waals surface area contributed by atoms with Crippen LogP contribution in [0.3, 0.4) is 0 Å². The summed E-state index contributed by atoms with van der Waals surface area (Å²) in [6.07, 6.45) is 4.12. The Hall–Kier alpha value is -2.70. The van der Waals surface area contributed by atoms with E-state index in [1.165, 1.54) is 26.6 Å². The van der Waals surface area contributed by atoms with Gasteiger partial charge in [0.25, 0.3) is 5.56 Å². The topological polar surface area (TPSA) is 41.4 Å². The summed E-state index contributed by atoms with van der Waals surface area (Å²) in [6.45, 7) is 5.28. The average Bonchev–Trinajstić information content (AvgIpc) is 3.49. The molecule has 1 saturated heterocycles. The van der Waals surface area contributed by atoms with Crippen LogP contribution in [0.2, 0.25) is 0 Å². The summed E-state index contributed by atoms with van der Waals surface area (Å²) in [5, 5.41) is 2.57. The van der Waals surface area contributed by atoms with Crippen LogP contribution >= 0.6 is 11.5 Å². The molecular formula is C26H28N4OS. The smallest absolute Gasteiger partial charge is 0.254 e. The number of pyridine rings is 1. The highest BCUT2D eigenvalue weighted by atomic mass is 32.1. The van der Waals surface area contributed by atoms with Gasteiger partial charge in [-0.25, -0.2) is 0 Å². The fourth-order valence-corrected chi connectivity index (χ4v) is 6.23. The minimum Gasteiger partial charge on any atom is -0.353 e. The molecule has 0 atom stereocenters. The molecule has 0 saturated carbocycles. The Balaban J connectivity index is 1.14. The molecule has 0 radical (unpaired) electrons. The second kappa shape index (κ2) is 8.01. The first-order valence-corrected chi connectivity index (χ1v) is 12.4. The third kappa shape index (κ3) is 3.33. The highest BCUT2D eigenvalue weighted by molar-refractivity contribution is 7.13. The lowest BCUT2D eigenvalue weighted by molar-refractivity contribution is 0.261. The maximum absolute atomic E-state index is 12.6. The molecular weight excluding hydrogens is 416 g/mol. The SMILES string of the molecule is Cn1c(=O)c2c(c3cc(CCN4CCN(c5nsc6ccccc56)CC4)ccc31)CCC2. The van der Waals surface area contributed by atoms with Gasteiger partial charge in [-0.3, -0.25) is 9.69 Å². The number of aryl methyl sites for hydroxylation is 2. The van der Waals surface area contributed by atoms with Crippen molar-refractivity contribution in [1.82, 2.24) is 13.8 Å². The first-order chi connectivity index (χ1) is 15.7. The fraction of sp³-hybridized carbons (Fsp3) is 0.385. The van der Waals surface area contributed by atoms with Gasteiger partial charge in [0.2, 0.25) is 0 Å². The van der Waals surface area contributed by atoms with Crippen molar-refractivity contribution in [3.05, 3.63) is 69.5 Å². The first kappa shape index (κ1) is 19.9. The summed E-state index contributed by atoms with van der Waals surface area (Å²) in [6, 6.07) is 15.2. The number of aromatic nitrogens is 2.